The zero-order valence-electron chi connectivity index (χ0n) is 14.8. The molecule has 2 aromatic carbocycles. The molecule has 0 aliphatic heterocycles. The van der Waals surface area contributed by atoms with E-state index in [4.69, 9.17) is 16.3 Å². The average molecular weight is 405 g/mol. The van der Waals surface area contributed by atoms with Gasteiger partial charge in [-0.2, -0.15) is 0 Å². The van der Waals surface area contributed by atoms with Gasteiger partial charge in [0.05, 0.1) is 30.3 Å². The van der Waals surface area contributed by atoms with E-state index in [1.165, 1.54) is 24.5 Å². The summed E-state index contributed by atoms with van der Waals surface area (Å²) in [5.41, 5.74) is 2.18. The number of thiazole rings is 1. The van der Waals surface area contributed by atoms with Crippen LogP contribution in [-0.2, 0) is 11.2 Å². The highest BCUT2D eigenvalue weighted by Crippen LogP contribution is 2.30. The van der Waals surface area contributed by atoms with Crippen LogP contribution in [0.1, 0.15) is 24.2 Å². The molecule has 0 saturated carbocycles. The van der Waals surface area contributed by atoms with Crippen molar-refractivity contribution in [2.45, 2.75) is 19.4 Å². The topological polar surface area (TPSA) is 51.2 Å². The Kier molecular flexibility index (Phi) is 6.08. The van der Waals surface area contributed by atoms with Gasteiger partial charge in [0.15, 0.2) is 11.6 Å². The Bertz CT molecular complexity index is 961. The highest BCUT2D eigenvalue weighted by Gasteiger charge is 2.15. The Balaban J connectivity index is 1.64. The van der Waals surface area contributed by atoms with Gasteiger partial charge in [-0.3, -0.25) is 4.79 Å². The van der Waals surface area contributed by atoms with E-state index in [0.29, 0.717) is 16.3 Å². The van der Waals surface area contributed by atoms with Crippen molar-refractivity contribution in [3.05, 3.63) is 69.9 Å². The third kappa shape index (κ3) is 4.64. The molecule has 1 N–H and O–H groups in total. The van der Waals surface area contributed by atoms with Crippen LogP contribution >= 0.6 is 22.9 Å². The normalized spacial score (nSPS) is 11.9. The molecule has 0 saturated heterocycles. The number of benzene rings is 2. The Morgan fingerprint density at radius 3 is 2.81 bits per heavy atom. The Morgan fingerprint density at radius 1 is 1.33 bits per heavy atom. The molecule has 0 fully saturated rings. The van der Waals surface area contributed by atoms with Gasteiger partial charge in [0.1, 0.15) is 5.01 Å². The number of aromatic nitrogens is 1. The molecule has 7 heteroatoms. The minimum atomic E-state index is -0.458. The standard InChI is InChI=1S/C20H18ClFN2O2S/c1-12(13-7-8-18(26-2)17(22)9-13)23-19(25)10-14-11-27-20(24-14)15-5-3-4-6-16(15)21/h3-9,11-12H,10H2,1-2H3,(H,23,25). The summed E-state index contributed by atoms with van der Waals surface area (Å²) in [7, 11) is 1.41. The van der Waals surface area contributed by atoms with Crippen molar-refractivity contribution < 1.29 is 13.9 Å². The maximum Gasteiger partial charge on any atom is 0.226 e. The minimum Gasteiger partial charge on any atom is -0.494 e. The van der Waals surface area contributed by atoms with Gasteiger partial charge in [-0.25, -0.2) is 9.37 Å². The number of amides is 1. The van der Waals surface area contributed by atoms with Crippen molar-refractivity contribution in [3.8, 4) is 16.3 Å². The molecular formula is C20H18ClFN2O2S. The van der Waals surface area contributed by atoms with Crippen LogP contribution in [0.2, 0.25) is 5.02 Å². The van der Waals surface area contributed by atoms with Gasteiger partial charge >= 0.3 is 0 Å². The first-order chi connectivity index (χ1) is 13.0. The highest BCUT2D eigenvalue weighted by molar-refractivity contribution is 7.13. The van der Waals surface area contributed by atoms with Crippen molar-refractivity contribution in [3.63, 3.8) is 0 Å². The largest absolute Gasteiger partial charge is 0.494 e. The lowest BCUT2D eigenvalue weighted by Crippen LogP contribution is -2.28. The van der Waals surface area contributed by atoms with E-state index in [9.17, 15) is 9.18 Å². The predicted octanol–water partition coefficient (Wildman–Crippen LogP) is 5.03. The van der Waals surface area contributed by atoms with Gasteiger partial charge in [-0.05, 0) is 30.7 Å². The van der Waals surface area contributed by atoms with Crippen LogP contribution in [0.5, 0.6) is 5.75 Å². The molecule has 1 unspecified atom stereocenters. The predicted molar refractivity (Wildman–Crippen MR) is 106 cm³/mol. The van der Waals surface area contributed by atoms with Gasteiger partial charge < -0.3 is 10.1 Å². The molecule has 1 atom stereocenters. The van der Waals surface area contributed by atoms with Gasteiger partial charge in [-0.15, -0.1) is 11.3 Å². The van der Waals surface area contributed by atoms with Crippen LogP contribution in [0.15, 0.2) is 47.8 Å². The smallest absolute Gasteiger partial charge is 0.226 e. The molecule has 140 valence electrons. The second-order valence-corrected chi connectivity index (χ2v) is 7.25. The number of hydrogen-bond donors (Lipinski definition) is 1. The maximum atomic E-state index is 13.8. The molecule has 1 aromatic heterocycles. The van der Waals surface area contributed by atoms with E-state index in [1.54, 1.807) is 25.1 Å². The van der Waals surface area contributed by atoms with Crippen LogP contribution in [0.3, 0.4) is 0 Å². The number of carbonyl (C=O) groups is 1. The highest BCUT2D eigenvalue weighted by atomic mass is 35.5. The Morgan fingerprint density at radius 2 is 2.11 bits per heavy atom. The van der Waals surface area contributed by atoms with Gasteiger partial charge in [0.2, 0.25) is 5.91 Å². The van der Waals surface area contributed by atoms with Crippen molar-refractivity contribution in [1.29, 1.82) is 0 Å². The average Bonchev–Trinajstić information content (AvgIpc) is 3.10. The molecule has 0 aliphatic carbocycles. The molecule has 1 amide bonds. The van der Waals surface area contributed by atoms with Crippen LogP contribution in [0.25, 0.3) is 10.6 Å². The van der Waals surface area contributed by atoms with Crippen LogP contribution in [0.4, 0.5) is 4.39 Å². The number of halogens is 2. The van der Waals surface area contributed by atoms with E-state index in [2.05, 4.69) is 10.3 Å². The summed E-state index contributed by atoms with van der Waals surface area (Å²) in [6, 6.07) is 11.8. The van der Waals surface area contributed by atoms with Crippen molar-refractivity contribution in [1.82, 2.24) is 10.3 Å². The lowest BCUT2D eigenvalue weighted by molar-refractivity contribution is -0.121. The third-order valence-corrected chi connectivity index (χ3v) is 5.31. The summed E-state index contributed by atoms with van der Waals surface area (Å²) in [5, 5.41) is 6.10. The summed E-state index contributed by atoms with van der Waals surface area (Å²) < 4.78 is 18.7. The van der Waals surface area contributed by atoms with Crippen molar-refractivity contribution in [2.24, 2.45) is 0 Å². The first kappa shape index (κ1) is 19.3. The zero-order valence-corrected chi connectivity index (χ0v) is 16.4. The SMILES string of the molecule is COc1ccc(C(C)NC(=O)Cc2csc(-c3ccccc3Cl)n2)cc1F. The molecule has 4 nitrogen and oxygen atoms in total. The molecule has 3 rings (SSSR count). The first-order valence-corrected chi connectivity index (χ1v) is 9.55. The van der Waals surface area contributed by atoms with Crippen LogP contribution in [-0.4, -0.2) is 18.0 Å². The number of rotatable bonds is 6. The number of carbonyl (C=O) groups excluding carboxylic acids is 1. The molecular weight excluding hydrogens is 387 g/mol. The van der Waals surface area contributed by atoms with Gasteiger partial charge in [-0.1, -0.05) is 35.9 Å². The van der Waals surface area contributed by atoms with E-state index in [1.807, 2.05) is 23.6 Å². The van der Waals surface area contributed by atoms with E-state index >= 15 is 0 Å². The zero-order chi connectivity index (χ0) is 19.4. The summed E-state index contributed by atoms with van der Waals surface area (Å²) in [6.07, 6.45) is 0.143. The van der Waals surface area contributed by atoms with Gasteiger partial charge in [0.25, 0.3) is 0 Å². The number of methoxy groups -OCH3 is 1. The lowest BCUT2D eigenvalue weighted by Gasteiger charge is -2.15. The van der Waals surface area contributed by atoms with E-state index in [-0.39, 0.29) is 24.1 Å². The van der Waals surface area contributed by atoms with Crippen LogP contribution in [0, 0.1) is 5.82 Å². The minimum absolute atomic E-state index is 0.143. The van der Waals surface area contributed by atoms with Crippen molar-refractivity contribution in [2.75, 3.05) is 7.11 Å². The Hall–Kier alpha value is -2.44. The molecule has 0 spiro atoms. The molecule has 27 heavy (non-hydrogen) atoms. The molecule has 1 heterocycles. The third-order valence-electron chi connectivity index (χ3n) is 4.05. The summed E-state index contributed by atoms with van der Waals surface area (Å²) in [6.45, 7) is 1.80. The van der Waals surface area contributed by atoms with E-state index < -0.39 is 5.82 Å². The molecule has 3 aromatic rings. The molecule has 0 radical (unpaired) electrons. The number of ether oxygens (including phenoxy) is 1. The van der Waals surface area contributed by atoms with Gasteiger partial charge in [0, 0.05) is 10.9 Å². The fourth-order valence-corrected chi connectivity index (χ4v) is 3.78. The number of hydrogen-bond acceptors (Lipinski definition) is 4. The summed E-state index contributed by atoms with van der Waals surface area (Å²) in [4.78, 5) is 16.8. The lowest BCUT2D eigenvalue weighted by atomic mass is 10.1. The maximum absolute atomic E-state index is 13.8. The Labute approximate surface area is 166 Å². The monoisotopic (exact) mass is 404 g/mol. The van der Waals surface area contributed by atoms with Crippen LogP contribution < -0.4 is 10.1 Å². The summed E-state index contributed by atoms with van der Waals surface area (Å²) >= 11 is 7.63. The summed E-state index contributed by atoms with van der Waals surface area (Å²) in [5.74, 6) is -0.471. The second-order valence-electron chi connectivity index (χ2n) is 5.98. The first-order valence-electron chi connectivity index (χ1n) is 8.30. The number of nitrogens with zero attached hydrogens (tertiary/aromatic N) is 1. The quantitative estimate of drug-likeness (QED) is 0.626. The fourth-order valence-electron chi connectivity index (χ4n) is 2.64. The van der Waals surface area contributed by atoms with E-state index in [0.717, 1.165) is 10.6 Å². The molecule has 0 aliphatic rings. The molecule has 0 bridgehead atoms. The second kappa shape index (κ2) is 8.50. The number of nitrogens with one attached hydrogen (secondary N) is 1. The fraction of sp³-hybridized carbons (Fsp3) is 0.200. The van der Waals surface area contributed by atoms with Crippen molar-refractivity contribution >= 4 is 28.8 Å².